The summed E-state index contributed by atoms with van der Waals surface area (Å²) in [6, 6.07) is -0.321. The molecule has 0 aliphatic rings. The van der Waals surface area contributed by atoms with E-state index in [4.69, 9.17) is 10.3 Å². The maximum Gasteiger partial charge on any atom is 0.230 e. The Balaban J connectivity index is 4.39. The molecule has 0 aromatic rings. The number of hydrogen-bond donors (Lipinski definition) is 2. The van der Waals surface area contributed by atoms with Crippen molar-refractivity contribution in [2.75, 3.05) is 13.7 Å². The highest BCUT2D eigenvalue weighted by Crippen LogP contribution is 2.12. The summed E-state index contributed by atoms with van der Waals surface area (Å²) in [5.74, 6) is 0.160. The van der Waals surface area contributed by atoms with Crippen LogP contribution in [0.5, 0.6) is 0 Å². The van der Waals surface area contributed by atoms with Crippen LogP contribution in [-0.4, -0.2) is 40.0 Å². The lowest BCUT2D eigenvalue weighted by Gasteiger charge is -2.26. The van der Waals surface area contributed by atoms with Crippen LogP contribution in [0.4, 0.5) is 0 Å². The Labute approximate surface area is 77.6 Å². The second-order valence-corrected chi connectivity index (χ2v) is 3.05. The van der Waals surface area contributed by atoms with Crippen LogP contribution < -0.4 is 0 Å². The lowest BCUT2D eigenvalue weighted by molar-refractivity contribution is -0.713. The minimum Gasteiger partial charge on any atom is -0.569 e. The van der Waals surface area contributed by atoms with Crippen LogP contribution in [0.3, 0.4) is 0 Å². The summed E-state index contributed by atoms with van der Waals surface area (Å²) in [5.41, 5.74) is 0. The summed E-state index contributed by atoms with van der Waals surface area (Å²) in [6.07, 6.45) is 0.842. The Morgan fingerprint density at radius 2 is 2.15 bits per heavy atom. The molecule has 0 bridgehead atoms. The van der Waals surface area contributed by atoms with Crippen molar-refractivity contribution < 1.29 is 15.3 Å². The molecule has 0 fully saturated rings. The highest BCUT2D eigenvalue weighted by atomic mass is 16.6. The number of hydrazine groups is 1. The molecule has 0 rings (SSSR count). The van der Waals surface area contributed by atoms with E-state index < -0.39 is 0 Å². The molecule has 0 aromatic heterocycles. The van der Waals surface area contributed by atoms with Crippen molar-refractivity contribution in [3.63, 3.8) is 0 Å². The second kappa shape index (κ2) is 5.58. The van der Waals surface area contributed by atoms with E-state index in [1.54, 1.807) is 0 Å². The summed E-state index contributed by atoms with van der Waals surface area (Å²) >= 11 is 0. The first-order valence-electron chi connectivity index (χ1n) is 4.24. The standard InChI is InChI=1S/C7H17N3O3/c1-4-6(2)7(5-11)9(3)10(13)8-12/h6-7,11-12H,4-5H2,1-3H3/b10-8-/t6-,7-/m1/s1. The molecule has 0 heterocycles. The maximum absolute atomic E-state index is 10.8. The smallest absolute Gasteiger partial charge is 0.230 e. The van der Waals surface area contributed by atoms with Crippen LogP contribution in [0.1, 0.15) is 20.3 Å². The number of likely N-dealkylation sites (N-methyl/N-ethyl adjacent to an activating group) is 1. The first kappa shape index (κ1) is 12.0. The van der Waals surface area contributed by atoms with Gasteiger partial charge in [0.05, 0.1) is 18.6 Å². The minimum absolute atomic E-state index is 0.0625. The van der Waals surface area contributed by atoms with Crippen molar-refractivity contribution >= 4 is 0 Å². The quantitative estimate of drug-likeness (QED) is 0.378. The molecular formula is C7H17N3O3. The van der Waals surface area contributed by atoms with Crippen LogP contribution in [0, 0.1) is 11.1 Å². The number of hydrogen-bond acceptors (Lipinski definition) is 3. The van der Waals surface area contributed by atoms with Gasteiger partial charge in [-0.15, -0.1) is 5.01 Å². The molecule has 0 aliphatic heterocycles. The lowest BCUT2D eigenvalue weighted by Crippen LogP contribution is -2.43. The van der Waals surface area contributed by atoms with Crippen molar-refractivity contribution in [1.82, 2.24) is 5.01 Å². The van der Waals surface area contributed by atoms with E-state index in [2.05, 4.69) is 5.28 Å². The normalized spacial score (nSPS) is 16.8. The zero-order valence-electron chi connectivity index (χ0n) is 8.21. The third kappa shape index (κ3) is 3.06. The van der Waals surface area contributed by atoms with E-state index in [9.17, 15) is 5.21 Å². The molecule has 78 valence electrons. The van der Waals surface area contributed by atoms with Gasteiger partial charge in [0.15, 0.2) is 0 Å². The Morgan fingerprint density at radius 1 is 1.62 bits per heavy atom. The van der Waals surface area contributed by atoms with E-state index in [-0.39, 0.29) is 23.5 Å². The summed E-state index contributed by atoms with van der Waals surface area (Å²) in [6.45, 7) is 3.74. The molecular weight excluding hydrogens is 174 g/mol. The molecule has 0 radical (unpaired) electrons. The molecule has 13 heavy (non-hydrogen) atoms. The van der Waals surface area contributed by atoms with E-state index in [0.717, 1.165) is 11.4 Å². The molecule has 0 aliphatic carbocycles. The fourth-order valence-electron chi connectivity index (χ4n) is 1.13. The van der Waals surface area contributed by atoms with Gasteiger partial charge >= 0.3 is 0 Å². The molecule has 0 unspecified atom stereocenters. The predicted octanol–water partition coefficient (Wildman–Crippen LogP) is 0.592. The molecule has 2 N–H and O–H groups in total. The highest BCUT2D eigenvalue weighted by Gasteiger charge is 2.25. The first-order valence-corrected chi connectivity index (χ1v) is 4.24. The molecule has 2 atom stereocenters. The highest BCUT2D eigenvalue weighted by molar-refractivity contribution is 4.68. The van der Waals surface area contributed by atoms with Gasteiger partial charge in [-0.1, -0.05) is 20.3 Å². The van der Waals surface area contributed by atoms with Gasteiger partial charge in [-0.3, -0.25) is 0 Å². The van der Waals surface area contributed by atoms with Gasteiger partial charge in [-0.05, 0) is 5.92 Å². The van der Waals surface area contributed by atoms with E-state index in [0.29, 0.717) is 0 Å². The van der Waals surface area contributed by atoms with Crippen LogP contribution in [-0.2, 0) is 0 Å². The lowest BCUT2D eigenvalue weighted by atomic mass is 10.00. The average molecular weight is 191 g/mol. The molecule has 0 amide bonds. The number of aliphatic hydroxyl groups excluding tert-OH is 1. The van der Waals surface area contributed by atoms with Crippen LogP contribution in [0.25, 0.3) is 0 Å². The van der Waals surface area contributed by atoms with E-state index in [1.165, 1.54) is 7.05 Å². The maximum atomic E-state index is 10.8. The molecule has 6 heteroatoms. The average Bonchev–Trinajstić information content (AvgIpc) is 2.17. The monoisotopic (exact) mass is 191 g/mol. The van der Waals surface area contributed by atoms with E-state index in [1.807, 2.05) is 13.8 Å². The van der Waals surface area contributed by atoms with Crippen LogP contribution in [0.15, 0.2) is 5.28 Å². The SMILES string of the molecule is CC[C@@H](C)[C@@H](CO)N(C)/[N+]([O-])=N/O. The van der Waals surface area contributed by atoms with Gasteiger partial charge in [0.1, 0.15) is 6.04 Å². The molecule has 0 aromatic carbocycles. The Hall–Kier alpha value is -1.04. The third-order valence-corrected chi connectivity index (χ3v) is 2.31. The predicted molar refractivity (Wildman–Crippen MR) is 45.9 cm³/mol. The number of nitrogens with zero attached hydrogens (tertiary/aromatic N) is 3. The molecule has 0 saturated heterocycles. The van der Waals surface area contributed by atoms with Crippen molar-refractivity contribution in [1.29, 1.82) is 0 Å². The minimum atomic E-state index is -0.321. The summed E-state index contributed by atoms with van der Waals surface area (Å²) < 4.78 is 0. The molecule has 0 saturated carbocycles. The summed E-state index contributed by atoms with van der Waals surface area (Å²) in [5, 5.41) is 31.7. The number of aliphatic hydroxyl groups is 1. The van der Waals surface area contributed by atoms with Crippen LogP contribution in [0.2, 0.25) is 0 Å². The fraction of sp³-hybridized carbons (Fsp3) is 1.00. The Bertz CT molecular complexity index is 174. The zero-order valence-corrected chi connectivity index (χ0v) is 8.21. The van der Waals surface area contributed by atoms with Gasteiger partial charge in [0, 0.05) is 0 Å². The van der Waals surface area contributed by atoms with Crippen LogP contribution >= 0.6 is 0 Å². The topological polar surface area (TPSA) is 82.1 Å². The zero-order chi connectivity index (χ0) is 10.4. The van der Waals surface area contributed by atoms with Crippen molar-refractivity contribution in [3.8, 4) is 0 Å². The van der Waals surface area contributed by atoms with Crippen molar-refractivity contribution in [2.45, 2.75) is 26.3 Å². The fourth-order valence-corrected chi connectivity index (χ4v) is 1.13. The Morgan fingerprint density at radius 3 is 2.46 bits per heavy atom. The van der Waals surface area contributed by atoms with Gasteiger partial charge in [0.2, 0.25) is 5.28 Å². The number of rotatable bonds is 5. The third-order valence-electron chi connectivity index (χ3n) is 2.31. The van der Waals surface area contributed by atoms with Gasteiger partial charge < -0.3 is 15.5 Å². The van der Waals surface area contributed by atoms with E-state index >= 15 is 0 Å². The molecule has 0 spiro atoms. The van der Waals surface area contributed by atoms with Crippen molar-refractivity contribution in [3.05, 3.63) is 5.21 Å². The summed E-state index contributed by atoms with van der Waals surface area (Å²) in [7, 11) is 1.47. The largest absolute Gasteiger partial charge is 0.569 e. The molecule has 6 nitrogen and oxygen atoms in total. The van der Waals surface area contributed by atoms with Gasteiger partial charge in [0.25, 0.3) is 0 Å². The summed E-state index contributed by atoms with van der Waals surface area (Å²) in [4.78, 5) is 0.0625. The second-order valence-electron chi connectivity index (χ2n) is 3.05. The van der Waals surface area contributed by atoms with Crippen molar-refractivity contribution in [2.24, 2.45) is 11.2 Å². The first-order chi connectivity index (χ1) is 6.08. The Kier molecular flexibility index (Phi) is 5.13. The van der Waals surface area contributed by atoms with Gasteiger partial charge in [-0.2, -0.15) is 0 Å². The van der Waals surface area contributed by atoms with Gasteiger partial charge in [-0.25, -0.2) is 0 Å².